The Bertz CT molecular complexity index is 676. The molecule has 0 fully saturated rings. The second kappa shape index (κ2) is 6.14. The molecule has 2 heteroatoms. The third kappa shape index (κ3) is 3.23. The van der Waals surface area contributed by atoms with Crippen LogP contribution in [-0.4, -0.2) is 0 Å². The number of benzene rings is 3. The highest BCUT2D eigenvalue weighted by Gasteiger charge is 2.09. The van der Waals surface area contributed by atoms with Gasteiger partial charge in [0.05, 0.1) is 0 Å². The van der Waals surface area contributed by atoms with Gasteiger partial charge in [-0.1, -0.05) is 48.5 Å². The molecule has 0 unspecified atom stereocenters. The molecule has 0 aliphatic carbocycles. The monoisotopic (exact) mass is 274 g/mol. The van der Waals surface area contributed by atoms with Gasteiger partial charge < -0.3 is 10.6 Å². The number of hydrogen-bond acceptors (Lipinski definition) is 2. The van der Waals surface area contributed by atoms with Crippen LogP contribution in [-0.2, 0) is 6.54 Å². The van der Waals surface area contributed by atoms with Gasteiger partial charge in [-0.05, 0) is 42.0 Å². The second-order valence-electron chi connectivity index (χ2n) is 5.00. The maximum absolute atomic E-state index is 5.80. The fourth-order valence-electron chi connectivity index (χ4n) is 2.36. The van der Waals surface area contributed by atoms with Crippen LogP contribution in [0.2, 0.25) is 0 Å². The van der Waals surface area contributed by atoms with Crippen LogP contribution in [0.15, 0.2) is 84.9 Å². The van der Waals surface area contributed by atoms with E-state index in [2.05, 4.69) is 65.6 Å². The van der Waals surface area contributed by atoms with Gasteiger partial charge in [-0.15, -0.1) is 0 Å². The summed E-state index contributed by atoms with van der Waals surface area (Å²) in [6.07, 6.45) is 0. The SMILES string of the molecule is Nc1ccc(N(Cc2ccccc2)c2ccccc2)cc1. The highest BCUT2D eigenvalue weighted by atomic mass is 15.1. The van der Waals surface area contributed by atoms with Crippen LogP contribution in [0, 0.1) is 0 Å². The molecular weight excluding hydrogens is 256 g/mol. The summed E-state index contributed by atoms with van der Waals surface area (Å²) in [5.74, 6) is 0. The Hall–Kier alpha value is -2.74. The van der Waals surface area contributed by atoms with Gasteiger partial charge in [0.1, 0.15) is 0 Å². The van der Waals surface area contributed by atoms with Crippen molar-refractivity contribution in [2.45, 2.75) is 6.54 Å². The van der Waals surface area contributed by atoms with E-state index in [1.165, 1.54) is 11.3 Å². The molecule has 0 atom stereocenters. The molecule has 2 N–H and O–H groups in total. The van der Waals surface area contributed by atoms with Crippen LogP contribution < -0.4 is 10.6 Å². The minimum absolute atomic E-state index is 0.784. The fraction of sp³-hybridized carbons (Fsp3) is 0.0526. The number of para-hydroxylation sites is 1. The van der Waals surface area contributed by atoms with E-state index >= 15 is 0 Å². The lowest BCUT2D eigenvalue weighted by Crippen LogP contribution is -2.16. The van der Waals surface area contributed by atoms with Crippen molar-refractivity contribution in [1.82, 2.24) is 0 Å². The molecule has 2 nitrogen and oxygen atoms in total. The molecule has 3 aromatic rings. The first-order valence-electron chi connectivity index (χ1n) is 7.05. The van der Waals surface area contributed by atoms with Crippen LogP contribution in [0.25, 0.3) is 0 Å². The standard InChI is InChI=1S/C19H18N2/c20-17-11-13-19(14-12-17)21(18-9-5-2-6-10-18)15-16-7-3-1-4-8-16/h1-14H,15,20H2. The van der Waals surface area contributed by atoms with Crippen LogP contribution >= 0.6 is 0 Å². The maximum atomic E-state index is 5.80. The summed E-state index contributed by atoms with van der Waals surface area (Å²) in [5, 5.41) is 0. The molecule has 0 saturated carbocycles. The summed E-state index contributed by atoms with van der Waals surface area (Å²) in [6.45, 7) is 0.828. The molecule has 0 saturated heterocycles. The van der Waals surface area contributed by atoms with Gasteiger partial charge in [0, 0.05) is 23.6 Å². The Morgan fingerprint density at radius 2 is 1.14 bits per heavy atom. The van der Waals surface area contributed by atoms with E-state index in [9.17, 15) is 0 Å². The summed E-state index contributed by atoms with van der Waals surface area (Å²) in [4.78, 5) is 2.29. The molecule has 21 heavy (non-hydrogen) atoms. The quantitative estimate of drug-likeness (QED) is 0.704. The van der Waals surface area contributed by atoms with Crippen molar-refractivity contribution in [1.29, 1.82) is 0 Å². The zero-order valence-corrected chi connectivity index (χ0v) is 11.8. The van der Waals surface area contributed by atoms with Crippen molar-refractivity contribution in [2.24, 2.45) is 0 Å². The van der Waals surface area contributed by atoms with Crippen molar-refractivity contribution in [3.63, 3.8) is 0 Å². The van der Waals surface area contributed by atoms with Gasteiger partial charge in [-0.2, -0.15) is 0 Å². The molecule has 3 aromatic carbocycles. The lowest BCUT2D eigenvalue weighted by Gasteiger charge is -2.25. The van der Waals surface area contributed by atoms with Crippen LogP contribution in [0.3, 0.4) is 0 Å². The Balaban J connectivity index is 1.97. The first-order chi connectivity index (χ1) is 10.3. The van der Waals surface area contributed by atoms with E-state index in [0.29, 0.717) is 0 Å². The first kappa shape index (κ1) is 13.3. The molecule has 0 bridgehead atoms. The second-order valence-corrected chi connectivity index (χ2v) is 5.00. The lowest BCUT2D eigenvalue weighted by atomic mass is 10.1. The largest absolute Gasteiger partial charge is 0.399 e. The van der Waals surface area contributed by atoms with E-state index in [-0.39, 0.29) is 0 Å². The molecule has 0 aliphatic rings. The summed E-state index contributed by atoms with van der Waals surface area (Å²) in [5.41, 5.74) is 10.2. The molecule has 104 valence electrons. The van der Waals surface area contributed by atoms with Crippen LogP contribution in [0.5, 0.6) is 0 Å². The lowest BCUT2D eigenvalue weighted by molar-refractivity contribution is 0.976. The van der Waals surface area contributed by atoms with E-state index in [0.717, 1.165) is 17.9 Å². The number of anilines is 3. The Kier molecular flexibility index (Phi) is 3.88. The summed E-state index contributed by atoms with van der Waals surface area (Å²) < 4.78 is 0. The van der Waals surface area contributed by atoms with Crippen molar-refractivity contribution in [3.8, 4) is 0 Å². The van der Waals surface area contributed by atoms with E-state index in [1.54, 1.807) is 0 Å². The Morgan fingerprint density at radius 1 is 0.619 bits per heavy atom. The predicted molar refractivity (Wildman–Crippen MR) is 89.6 cm³/mol. The third-order valence-electron chi connectivity index (χ3n) is 3.46. The van der Waals surface area contributed by atoms with Gasteiger partial charge >= 0.3 is 0 Å². The van der Waals surface area contributed by atoms with Crippen LogP contribution in [0.4, 0.5) is 17.1 Å². The normalized spacial score (nSPS) is 10.3. The zero-order chi connectivity index (χ0) is 14.5. The number of nitrogen functional groups attached to an aromatic ring is 1. The molecule has 0 aliphatic heterocycles. The van der Waals surface area contributed by atoms with Gasteiger partial charge in [-0.3, -0.25) is 0 Å². The van der Waals surface area contributed by atoms with Crippen molar-refractivity contribution >= 4 is 17.1 Å². The van der Waals surface area contributed by atoms with Gasteiger partial charge in [-0.25, -0.2) is 0 Å². The molecule has 0 amide bonds. The molecule has 0 heterocycles. The van der Waals surface area contributed by atoms with Crippen LogP contribution in [0.1, 0.15) is 5.56 Å². The Morgan fingerprint density at radius 3 is 1.76 bits per heavy atom. The summed E-state index contributed by atoms with van der Waals surface area (Å²) in [7, 11) is 0. The number of nitrogens with zero attached hydrogens (tertiary/aromatic N) is 1. The molecule has 0 radical (unpaired) electrons. The van der Waals surface area contributed by atoms with E-state index in [1.807, 2.05) is 24.3 Å². The summed E-state index contributed by atoms with van der Waals surface area (Å²) in [6, 6.07) is 28.9. The predicted octanol–water partition coefficient (Wildman–Crippen LogP) is 4.61. The molecule has 0 spiro atoms. The first-order valence-corrected chi connectivity index (χ1v) is 7.05. The molecule has 3 rings (SSSR count). The topological polar surface area (TPSA) is 29.3 Å². The van der Waals surface area contributed by atoms with Crippen molar-refractivity contribution < 1.29 is 0 Å². The van der Waals surface area contributed by atoms with Gasteiger partial charge in [0.25, 0.3) is 0 Å². The number of nitrogens with two attached hydrogens (primary N) is 1. The van der Waals surface area contributed by atoms with E-state index in [4.69, 9.17) is 5.73 Å². The van der Waals surface area contributed by atoms with Gasteiger partial charge in [0.2, 0.25) is 0 Å². The molecular formula is C19H18N2. The number of hydrogen-bond donors (Lipinski definition) is 1. The average molecular weight is 274 g/mol. The average Bonchev–Trinajstić information content (AvgIpc) is 2.55. The zero-order valence-electron chi connectivity index (χ0n) is 11.8. The highest BCUT2D eigenvalue weighted by molar-refractivity contribution is 5.65. The van der Waals surface area contributed by atoms with Gasteiger partial charge in [0.15, 0.2) is 0 Å². The maximum Gasteiger partial charge on any atom is 0.0481 e. The van der Waals surface area contributed by atoms with E-state index < -0.39 is 0 Å². The molecule has 0 aromatic heterocycles. The van der Waals surface area contributed by atoms with Crippen molar-refractivity contribution in [3.05, 3.63) is 90.5 Å². The highest BCUT2D eigenvalue weighted by Crippen LogP contribution is 2.27. The minimum Gasteiger partial charge on any atom is -0.399 e. The Labute approximate surface area is 125 Å². The smallest absolute Gasteiger partial charge is 0.0481 e. The third-order valence-corrected chi connectivity index (χ3v) is 3.46. The van der Waals surface area contributed by atoms with Crippen molar-refractivity contribution in [2.75, 3.05) is 10.6 Å². The fourth-order valence-corrected chi connectivity index (χ4v) is 2.36. The minimum atomic E-state index is 0.784. The summed E-state index contributed by atoms with van der Waals surface area (Å²) >= 11 is 0. The number of rotatable bonds is 4.